The molecule has 0 bridgehead atoms. The number of hydrogen-bond acceptors (Lipinski definition) is 3. The Morgan fingerprint density at radius 2 is 1.87 bits per heavy atom. The van der Waals surface area contributed by atoms with Gasteiger partial charge < -0.3 is 9.32 Å². The third-order valence-corrected chi connectivity index (χ3v) is 4.61. The molecule has 1 aromatic heterocycles. The lowest BCUT2D eigenvalue weighted by atomic mass is 10.2. The van der Waals surface area contributed by atoms with Crippen LogP contribution in [0.15, 0.2) is 34.7 Å². The topological polar surface area (TPSA) is 36.7 Å². The molecule has 2 aromatic rings. The highest BCUT2D eigenvalue weighted by molar-refractivity contribution is 6.35. The molecule has 3 rings (SSSR count). The van der Waals surface area contributed by atoms with Crippen molar-refractivity contribution in [1.29, 1.82) is 0 Å². The number of amides is 1. The van der Waals surface area contributed by atoms with E-state index in [2.05, 4.69) is 4.90 Å². The molecular formula is C17H18Cl2N2O2. The molecule has 0 radical (unpaired) electrons. The summed E-state index contributed by atoms with van der Waals surface area (Å²) in [6.45, 7) is 5.59. The van der Waals surface area contributed by atoms with Crippen LogP contribution in [0.2, 0.25) is 10.0 Å². The molecule has 6 heteroatoms. The van der Waals surface area contributed by atoms with Crippen LogP contribution in [0, 0.1) is 6.92 Å². The predicted molar refractivity (Wildman–Crippen MR) is 91.1 cm³/mol. The summed E-state index contributed by atoms with van der Waals surface area (Å²) >= 11 is 12.1. The Kier molecular flexibility index (Phi) is 4.95. The number of carbonyl (C=O) groups excluding carboxylic acids is 1. The Bertz CT molecular complexity index is 706. The highest BCUT2D eigenvalue weighted by atomic mass is 35.5. The Labute approximate surface area is 145 Å². The molecule has 122 valence electrons. The number of benzene rings is 1. The summed E-state index contributed by atoms with van der Waals surface area (Å²) in [5.41, 5.74) is 1.05. The van der Waals surface area contributed by atoms with Gasteiger partial charge in [0.2, 0.25) is 0 Å². The summed E-state index contributed by atoms with van der Waals surface area (Å²) in [6.07, 6.45) is 0. The van der Waals surface area contributed by atoms with Gasteiger partial charge in [-0.2, -0.15) is 0 Å². The van der Waals surface area contributed by atoms with Gasteiger partial charge in [0.15, 0.2) is 5.76 Å². The van der Waals surface area contributed by atoms with E-state index >= 15 is 0 Å². The number of carbonyl (C=O) groups is 1. The van der Waals surface area contributed by atoms with Gasteiger partial charge in [-0.3, -0.25) is 9.69 Å². The van der Waals surface area contributed by atoms with E-state index in [1.807, 2.05) is 30.0 Å². The molecule has 1 aromatic carbocycles. The third kappa shape index (κ3) is 3.89. The molecule has 0 atom stereocenters. The van der Waals surface area contributed by atoms with Crippen LogP contribution in [-0.4, -0.2) is 41.9 Å². The van der Waals surface area contributed by atoms with E-state index in [9.17, 15) is 4.79 Å². The normalized spacial score (nSPS) is 15.9. The van der Waals surface area contributed by atoms with Gasteiger partial charge in [-0.15, -0.1) is 0 Å². The Morgan fingerprint density at radius 1 is 1.13 bits per heavy atom. The number of aryl methyl sites for hydroxylation is 1. The summed E-state index contributed by atoms with van der Waals surface area (Å²) in [7, 11) is 0. The maximum atomic E-state index is 12.3. The van der Waals surface area contributed by atoms with Crippen molar-refractivity contribution >= 4 is 29.1 Å². The van der Waals surface area contributed by atoms with Gasteiger partial charge >= 0.3 is 0 Å². The summed E-state index contributed by atoms with van der Waals surface area (Å²) in [6, 6.07) is 9.11. The van der Waals surface area contributed by atoms with Crippen molar-refractivity contribution in [1.82, 2.24) is 9.80 Å². The molecule has 0 saturated carbocycles. The monoisotopic (exact) mass is 352 g/mol. The summed E-state index contributed by atoms with van der Waals surface area (Å²) in [5.74, 6) is 1.13. The van der Waals surface area contributed by atoms with Crippen LogP contribution in [0.4, 0.5) is 0 Å². The maximum absolute atomic E-state index is 12.3. The second-order valence-corrected chi connectivity index (χ2v) is 6.56. The molecule has 1 aliphatic heterocycles. The first-order chi connectivity index (χ1) is 11.0. The molecule has 0 spiro atoms. The van der Waals surface area contributed by atoms with Gasteiger partial charge in [0.05, 0.1) is 0 Å². The second-order valence-electron chi connectivity index (χ2n) is 5.71. The van der Waals surface area contributed by atoms with E-state index in [1.54, 1.807) is 12.1 Å². The first kappa shape index (κ1) is 16.4. The van der Waals surface area contributed by atoms with Crippen molar-refractivity contribution in [3.05, 3.63) is 57.5 Å². The summed E-state index contributed by atoms with van der Waals surface area (Å²) < 4.78 is 5.41. The largest absolute Gasteiger partial charge is 0.456 e. The molecule has 1 amide bonds. The lowest BCUT2D eigenvalue weighted by Gasteiger charge is -2.34. The SMILES string of the molecule is Cc1ccc(C(=O)N2CCN(Cc3ccc(Cl)cc3Cl)CC2)o1. The molecule has 1 aliphatic rings. The number of nitrogens with zero attached hydrogens (tertiary/aromatic N) is 2. The van der Waals surface area contributed by atoms with E-state index in [1.165, 1.54) is 0 Å². The molecular weight excluding hydrogens is 335 g/mol. The predicted octanol–water partition coefficient (Wildman–Crippen LogP) is 3.85. The average Bonchev–Trinajstić information content (AvgIpc) is 2.97. The first-order valence-corrected chi connectivity index (χ1v) is 8.30. The van der Waals surface area contributed by atoms with Gasteiger partial charge in [0.1, 0.15) is 5.76 Å². The quantitative estimate of drug-likeness (QED) is 0.841. The fourth-order valence-corrected chi connectivity index (χ4v) is 3.17. The van der Waals surface area contributed by atoms with Gasteiger partial charge in [0.25, 0.3) is 5.91 Å². The van der Waals surface area contributed by atoms with E-state index in [-0.39, 0.29) is 5.91 Å². The van der Waals surface area contributed by atoms with E-state index in [0.717, 1.165) is 31.0 Å². The standard InChI is InChI=1S/C17H18Cl2N2O2/c1-12-2-5-16(23-12)17(22)21-8-6-20(7-9-21)11-13-3-4-14(18)10-15(13)19/h2-5,10H,6-9,11H2,1H3. The lowest BCUT2D eigenvalue weighted by molar-refractivity contribution is 0.0596. The van der Waals surface area contributed by atoms with Crippen LogP contribution in [0.5, 0.6) is 0 Å². The van der Waals surface area contributed by atoms with Crippen molar-refractivity contribution in [2.75, 3.05) is 26.2 Å². The number of halogens is 2. The Morgan fingerprint density at radius 3 is 2.48 bits per heavy atom. The van der Waals surface area contributed by atoms with Crippen LogP contribution in [0.1, 0.15) is 21.9 Å². The molecule has 0 unspecified atom stereocenters. The number of piperazine rings is 1. The molecule has 0 N–H and O–H groups in total. The molecule has 0 aliphatic carbocycles. The second kappa shape index (κ2) is 6.95. The van der Waals surface area contributed by atoms with E-state index in [4.69, 9.17) is 27.6 Å². The van der Waals surface area contributed by atoms with Crippen molar-refractivity contribution in [3.8, 4) is 0 Å². The lowest BCUT2D eigenvalue weighted by Crippen LogP contribution is -2.48. The first-order valence-electron chi connectivity index (χ1n) is 7.55. The minimum absolute atomic E-state index is 0.0396. The van der Waals surface area contributed by atoms with Crippen LogP contribution in [-0.2, 0) is 6.54 Å². The number of hydrogen-bond donors (Lipinski definition) is 0. The van der Waals surface area contributed by atoms with Crippen molar-refractivity contribution in [2.24, 2.45) is 0 Å². The van der Waals surface area contributed by atoms with Crippen LogP contribution < -0.4 is 0 Å². The zero-order valence-electron chi connectivity index (χ0n) is 12.9. The van der Waals surface area contributed by atoms with Gasteiger partial charge in [-0.25, -0.2) is 0 Å². The average molecular weight is 353 g/mol. The van der Waals surface area contributed by atoms with Gasteiger partial charge in [-0.1, -0.05) is 29.3 Å². The Hall–Kier alpha value is -1.49. The van der Waals surface area contributed by atoms with Crippen LogP contribution in [0.25, 0.3) is 0 Å². The zero-order chi connectivity index (χ0) is 16.4. The smallest absolute Gasteiger partial charge is 0.289 e. The third-order valence-electron chi connectivity index (χ3n) is 4.02. The van der Waals surface area contributed by atoms with E-state index in [0.29, 0.717) is 28.9 Å². The fourth-order valence-electron chi connectivity index (χ4n) is 2.71. The fraction of sp³-hybridized carbons (Fsp3) is 0.353. The number of furan rings is 1. The maximum Gasteiger partial charge on any atom is 0.289 e. The molecule has 1 fully saturated rings. The summed E-state index contributed by atoms with van der Waals surface area (Å²) in [4.78, 5) is 16.5. The Balaban J connectivity index is 1.57. The molecule has 23 heavy (non-hydrogen) atoms. The number of rotatable bonds is 3. The van der Waals surface area contributed by atoms with Crippen molar-refractivity contribution in [3.63, 3.8) is 0 Å². The minimum atomic E-state index is -0.0396. The highest BCUT2D eigenvalue weighted by Gasteiger charge is 2.24. The van der Waals surface area contributed by atoms with Gasteiger partial charge in [-0.05, 0) is 36.8 Å². The van der Waals surface area contributed by atoms with E-state index < -0.39 is 0 Å². The van der Waals surface area contributed by atoms with Crippen molar-refractivity contribution < 1.29 is 9.21 Å². The van der Waals surface area contributed by atoms with Gasteiger partial charge in [0, 0.05) is 42.8 Å². The highest BCUT2D eigenvalue weighted by Crippen LogP contribution is 2.23. The summed E-state index contributed by atoms with van der Waals surface area (Å²) in [5, 5.41) is 1.32. The van der Waals surface area contributed by atoms with Crippen LogP contribution in [0.3, 0.4) is 0 Å². The van der Waals surface area contributed by atoms with Crippen LogP contribution >= 0.6 is 23.2 Å². The van der Waals surface area contributed by atoms with Crippen molar-refractivity contribution in [2.45, 2.75) is 13.5 Å². The zero-order valence-corrected chi connectivity index (χ0v) is 14.4. The molecule has 1 saturated heterocycles. The molecule has 2 heterocycles. The molecule has 4 nitrogen and oxygen atoms in total. The minimum Gasteiger partial charge on any atom is -0.456 e.